The third-order valence-corrected chi connectivity index (χ3v) is 4.91. The minimum absolute atomic E-state index is 0.0154. The van der Waals surface area contributed by atoms with Crippen molar-refractivity contribution in [2.75, 3.05) is 23.8 Å². The summed E-state index contributed by atoms with van der Waals surface area (Å²) < 4.78 is 1.16. The highest BCUT2D eigenvalue weighted by atomic mass is 32.1. The van der Waals surface area contributed by atoms with Gasteiger partial charge in [-0.2, -0.15) is 4.98 Å². The zero-order valence-corrected chi connectivity index (χ0v) is 15.6. The predicted molar refractivity (Wildman–Crippen MR) is 111 cm³/mol. The van der Waals surface area contributed by atoms with Gasteiger partial charge in [-0.05, 0) is 25.1 Å². The first-order chi connectivity index (χ1) is 13.2. The second-order valence-electron chi connectivity index (χ2n) is 6.02. The molecule has 2 aromatic heterocycles. The number of hydrogen-bond acceptors (Lipinski definition) is 7. The lowest BCUT2D eigenvalue weighted by Crippen LogP contribution is -2.10. The Morgan fingerprint density at radius 1 is 1.00 bits per heavy atom. The fourth-order valence-electron chi connectivity index (χ4n) is 2.78. The first-order valence-electron chi connectivity index (χ1n) is 8.65. The molecule has 0 aliphatic heterocycles. The molecule has 0 atom stereocenters. The van der Waals surface area contributed by atoms with Gasteiger partial charge in [0.15, 0.2) is 0 Å². The van der Waals surface area contributed by atoms with E-state index < -0.39 is 0 Å². The molecule has 7 heteroatoms. The molecule has 0 amide bonds. The normalized spacial score (nSPS) is 10.9. The van der Waals surface area contributed by atoms with Gasteiger partial charge in [0.2, 0.25) is 5.95 Å². The molecule has 0 saturated heterocycles. The summed E-state index contributed by atoms with van der Waals surface area (Å²) in [6.45, 7) is 2.41. The van der Waals surface area contributed by atoms with Gasteiger partial charge in [-0.25, -0.2) is 9.97 Å². The standard InChI is InChI=1S/C20H19N5OS/c1-13-22-17-11-15(7-8-18(17)27-13)23-19-12-16(14-5-3-2-4-6-14)24-20(25-19)21-9-10-26/h2-8,11-12,26H,9-10H2,1H3,(H2,21,23,24,25). The van der Waals surface area contributed by atoms with Gasteiger partial charge in [-0.15, -0.1) is 11.3 Å². The second-order valence-corrected chi connectivity index (χ2v) is 7.25. The number of nitrogens with zero attached hydrogens (tertiary/aromatic N) is 3. The van der Waals surface area contributed by atoms with E-state index in [1.54, 1.807) is 11.3 Å². The summed E-state index contributed by atoms with van der Waals surface area (Å²) in [4.78, 5) is 13.6. The number of aryl methyl sites for hydroxylation is 1. The Bertz CT molecular complexity index is 1060. The highest BCUT2D eigenvalue weighted by Gasteiger charge is 2.08. The molecule has 0 spiro atoms. The molecule has 2 aromatic carbocycles. The molecule has 0 saturated carbocycles. The molecule has 2 heterocycles. The topological polar surface area (TPSA) is 83.0 Å². The van der Waals surface area contributed by atoms with E-state index in [0.29, 0.717) is 18.3 Å². The fourth-order valence-corrected chi connectivity index (χ4v) is 3.59. The van der Waals surface area contributed by atoms with E-state index in [4.69, 9.17) is 5.11 Å². The first-order valence-corrected chi connectivity index (χ1v) is 9.46. The number of nitrogens with one attached hydrogen (secondary N) is 2. The molecule has 0 bridgehead atoms. The highest BCUT2D eigenvalue weighted by Crippen LogP contribution is 2.27. The zero-order chi connectivity index (χ0) is 18.6. The molecular weight excluding hydrogens is 358 g/mol. The van der Waals surface area contributed by atoms with Crippen LogP contribution in [0.15, 0.2) is 54.6 Å². The third kappa shape index (κ3) is 4.05. The molecule has 4 rings (SSSR count). The molecule has 0 aliphatic carbocycles. The molecule has 0 unspecified atom stereocenters. The Kier molecular flexibility index (Phi) is 4.95. The van der Waals surface area contributed by atoms with Crippen molar-refractivity contribution < 1.29 is 5.11 Å². The van der Waals surface area contributed by atoms with Crippen molar-refractivity contribution in [2.45, 2.75) is 6.92 Å². The summed E-state index contributed by atoms with van der Waals surface area (Å²) in [6.07, 6.45) is 0. The Morgan fingerprint density at radius 3 is 2.67 bits per heavy atom. The second kappa shape index (κ2) is 7.69. The van der Waals surface area contributed by atoms with E-state index in [1.807, 2.05) is 55.5 Å². The minimum atomic E-state index is 0.0154. The first kappa shape index (κ1) is 17.4. The molecule has 136 valence electrons. The van der Waals surface area contributed by atoms with Crippen LogP contribution in [0.5, 0.6) is 0 Å². The number of thiazole rings is 1. The van der Waals surface area contributed by atoms with Crippen molar-refractivity contribution in [3.8, 4) is 11.3 Å². The summed E-state index contributed by atoms with van der Waals surface area (Å²) in [7, 11) is 0. The smallest absolute Gasteiger partial charge is 0.225 e. The molecule has 0 radical (unpaired) electrons. The molecule has 0 fully saturated rings. The third-order valence-electron chi connectivity index (χ3n) is 3.96. The number of aliphatic hydroxyl groups excluding tert-OH is 1. The SMILES string of the molecule is Cc1nc2cc(Nc3cc(-c4ccccc4)nc(NCCO)n3)ccc2s1. The Morgan fingerprint density at radius 2 is 1.85 bits per heavy atom. The highest BCUT2D eigenvalue weighted by molar-refractivity contribution is 7.18. The van der Waals surface area contributed by atoms with Crippen LogP contribution in [0.25, 0.3) is 21.5 Å². The molecule has 3 N–H and O–H groups in total. The average Bonchev–Trinajstić information content (AvgIpc) is 3.06. The lowest BCUT2D eigenvalue weighted by molar-refractivity contribution is 0.311. The predicted octanol–water partition coefficient (Wildman–Crippen LogP) is 4.21. The van der Waals surface area contributed by atoms with Gasteiger partial charge in [0.25, 0.3) is 0 Å². The zero-order valence-electron chi connectivity index (χ0n) is 14.8. The van der Waals surface area contributed by atoms with Crippen molar-refractivity contribution in [3.63, 3.8) is 0 Å². The van der Waals surface area contributed by atoms with Crippen molar-refractivity contribution in [1.82, 2.24) is 15.0 Å². The van der Waals surface area contributed by atoms with Gasteiger partial charge in [0, 0.05) is 23.9 Å². The van der Waals surface area contributed by atoms with Crippen LogP contribution in [0, 0.1) is 6.92 Å². The van der Waals surface area contributed by atoms with Gasteiger partial charge in [-0.1, -0.05) is 30.3 Å². The van der Waals surface area contributed by atoms with E-state index in [-0.39, 0.29) is 6.61 Å². The molecule has 27 heavy (non-hydrogen) atoms. The minimum Gasteiger partial charge on any atom is -0.395 e. The van der Waals surface area contributed by atoms with Crippen molar-refractivity contribution >= 4 is 39.0 Å². The quantitative estimate of drug-likeness (QED) is 0.467. The van der Waals surface area contributed by atoms with Crippen LogP contribution >= 0.6 is 11.3 Å². The van der Waals surface area contributed by atoms with Crippen LogP contribution in [0.2, 0.25) is 0 Å². The maximum atomic E-state index is 9.08. The van der Waals surface area contributed by atoms with Gasteiger partial charge in [0.1, 0.15) is 5.82 Å². The number of hydrogen-bond donors (Lipinski definition) is 3. The summed E-state index contributed by atoms with van der Waals surface area (Å²) in [5.74, 6) is 1.15. The van der Waals surface area contributed by atoms with E-state index >= 15 is 0 Å². The van der Waals surface area contributed by atoms with Crippen molar-refractivity contribution in [2.24, 2.45) is 0 Å². The largest absolute Gasteiger partial charge is 0.395 e. The Labute approximate surface area is 161 Å². The molecule has 6 nitrogen and oxygen atoms in total. The summed E-state index contributed by atoms with van der Waals surface area (Å²) in [5.41, 5.74) is 3.69. The fraction of sp³-hybridized carbons (Fsp3) is 0.150. The van der Waals surface area contributed by atoms with E-state index in [9.17, 15) is 0 Å². The number of aromatic nitrogens is 3. The lowest BCUT2D eigenvalue weighted by Gasteiger charge is -2.11. The van der Waals surface area contributed by atoms with E-state index in [0.717, 1.165) is 32.2 Å². The number of fused-ring (bicyclic) bond motifs is 1. The molecular formula is C20H19N5OS. The number of aliphatic hydroxyl groups is 1. The van der Waals surface area contributed by atoms with E-state index in [1.165, 1.54) is 0 Å². The van der Waals surface area contributed by atoms with Crippen LogP contribution in [0.3, 0.4) is 0 Å². The maximum Gasteiger partial charge on any atom is 0.225 e. The van der Waals surface area contributed by atoms with Gasteiger partial charge >= 0.3 is 0 Å². The summed E-state index contributed by atoms with van der Waals surface area (Å²) in [5, 5.41) is 16.5. The van der Waals surface area contributed by atoms with E-state index in [2.05, 4.69) is 31.7 Å². The van der Waals surface area contributed by atoms with Gasteiger partial charge < -0.3 is 15.7 Å². The number of anilines is 3. The van der Waals surface area contributed by atoms with Crippen LogP contribution in [-0.4, -0.2) is 33.2 Å². The molecule has 0 aliphatic rings. The summed E-state index contributed by atoms with van der Waals surface area (Å²) >= 11 is 1.68. The van der Waals surface area contributed by atoms with Crippen LogP contribution < -0.4 is 10.6 Å². The van der Waals surface area contributed by atoms with Crippen molar-refractivity contribution in [1.29, 1.82) is 0 Å². The monoisotopic (exact) mass is 377 g/mol. The van der Waals surface area contributed by atoms with Gasteiger partial charge in [-0.3, -0.25) is 0 Å². The van der Waals surface area contributed by atoms with Crippen molar-refractivity contribution in [3.05, 3.63) is 59.6 Å². The van der Waals surface area contributed by atoms with Gasteiger partial charge in [0.05, 0.1) is 27.5 Å². The molecule has 4 aromatic rings. The van der Waals surface area contributed by atoms with Crippen LogP contribution in [0.4, 0.5) is 17.5 Å². The number of rotatable bonds is 6. The maximum absolute atomic E-state index is 9.08. The van der Waals surface area contributed by atoms with Crippen LogP contribution in [-0.2, 0) is 0 Å². The number of benzene rings is 2. The summed E-state index contributed by atoms with van der Waals surface area (Å²) in [6, 6.07) is 17.9. The Hall–Kier alpha value is -3.03. The lowest BCUT2D eigenvalue weighted by atomic mass is 10.1. The van der Waals surface area contributed by atoms with Crippen LogP contribution in [0.1, 0.15) is 5.01 Å². The average molecular weight is 377 g/mol. The Balaban J connectivity index is 1.69.